The van der Waals surface area contributed by atoms with Crippen molar-refractivity contribution in [2.75, 3.05) is 6.54 Å². The molecule has 0 fully saturated rings. The summed E-state index contributed by atoms with van der Waals surface area (Å²) >= 11 is 0. The summed E-state index contributed by atoms with van der Waals surface area (Å²) in [5.41, 5.74) is 0.998. The van der Waals surface area contributed by atoms with Gasteiger partial charge in [0.1, 0.15) is 12.3 Å². The van der Waals surface area contributed by atoms with Gasteiger partial charge in [0.05, 0.1) is 5.56 Å². The molecule has 2 N–H and O–H groups in total. The van der Waals surface area contributed by atoms with Gasteiger partial charge in [-0.3, -0.25) is 14.4 Å². The van der Waals surface area contributed by atoms with Crippen molar-refractivity contribution >= 4 is 28.6 Å². The van der Waals surface area contributed by atoms with Crippen LogP contribution in [0.1, 0.15) is 27.6 Å². The molecule has 0 aliphatic carbocycles. The Labute approximate surface area is 170 Å². The van der Waals surface area contributed by atoms with Gasteiger partial charge in [-0.1, -0.05) is 30.3 Å². The third-order valence-corrected chi connectivity index (χ3v) is 4.27. The number of ether oxygens (including phenoxy) is 2. The first kappa shape index (κ1) is 21.0. The molecule has 0 aliphatic rings. The van der Waals surface area contributed by atoms with Crippen molar-refractivity contribution in [3.8, 4) is 5.75 Å². The lowest BCUT2D eigenvalue weighted by atomic mass is 10.1. The number of para-hydroxylation sites is 2. The van der Waals surface area contributed by atoms with Gasteiger partial charge >= 0.3 is 12.6 Å². The Morgan fingerprint density at radius 2 is 1.73 bits per heavy atom. The van der Waals surface area contributed by atoms with E-state index in [-0.39, 0.29) is 11.3 Å². The maximum Gasteiger partial charge on any atom is 0.387 e. The molecule has 2 aromatic carbocycles. The van der Waals surface area contributed by atoms with E-state index in [1.54, 1.807) is 18.3 Å². The zero-order valence-electron chi connectivity index (χ0n) is 15.9. The number of aromatic nitrogens is 1. The van der Waals surface area contributed by atoms with Crippen molar-refractivity contribution in [2.24, 2.45) is 0 Å². The van der Waals surface area contributed by atoms with Crippen molar-refractivity contribution in [2.45, 2.75) is 19.6 Å². The summed E-state index contributed by atoms with van der Waals surface area (Å²) in [7, 11) is 0. The predicted molar refractivity (Wildman–Crippen MR) is 104 cm³/mol. The minimum absolute atomic E-state index is 0.159. The molecule has 0 bridgehead atoms. The van der Waals surface area contributed by atoms with Crippen LogP contribution in [0.25, 0.3) is 10.9 Å². The van der Waals surface area contributed by atoms with E-state index in [1.165, 1.54) is 31.2 Å². The molecule has 7 nitrogen and oxygen atoms in total. The molecule has 0 saturated heterocycles. The molecule has 3 aromatic rings. The fourth-order valence-corrected chi connectivity index (χ4v) is 2.89. The number of benzene rings is 2. The Kier molecular flexibility index (Phi) is 6.41. The molecule has 0 saturated carbocycles. The number of carbonyl (C=O) groups is 3. The van der Waals surface area contributed by atoms with Crippen LogP contribution < -0.4 is 10.1 Å². The topological polar surface area (TPSA) is 97.5 Å². The number of ketones is 1. The Hall–Kier alpha value is -3.75. The molecule has 1 aromatic heterocycles. The second-order valence-electron chi connectivity index (χ2n) is 6.30. The van der Waals surface area contributed by atoms with Crippen LogP contribution in [0, 0.1) is 0 Å². The largest absolute Gasteiger partial charge is 0.453 e. The molecule has 0 radical (unpaired) electrons. The van der Waals surface area contributed by atoms with E-state index in [4.69, 9.17) is 4.74 Å². The summed E-state index contributed by atoms with van der Waals surface area (Å²) in [6.07, 6.45) is 0.460. The first-order valence-corrected chi connectivity index (χ1v) is 8.98. The number of rotatable bonds is 8. The molecule has 1 amide bonds. The van der Waals surface area contributed by atoms with Crippen LogP contribution in [-0.4, -0.2) is 41.9 Å². The molecule has 156 valence electrons. The molecule has 0 unspecified atom stereocenters. The van der Waals surface area contributed by atoms with E-state index in [1.807, 2.05) is 12.1 Å². The van der Waals surface area contributed by atoms with Gasteiger partial charge in [-0.2, -0.15) is 8.78 Å². The fourth-order valence-electron chi connectivity index (χ4n) is 2.89. The van der Waals surface area contributed by atoms with Crippen molar-refractivity contribution in [1.82, 2.24) is 10.3 Å². The van der Waals surface area contributed by atoms with Gasteiger partial charge in [0.25, 0.3) is 5.91 Å². The molecule has 30 heavy (non-hydrogen) atoms. The van der Waals surface area contributed by atoms with Crippen molar-refractivity contribution in [3.63, 3.8) is 0 Å². The number of hydrogen-bond acceptors (Lipinski definition) is 5. The van der Waals surface area contributed by atoms with Crippen LogP contribution >= 0.6 is 0 Å². The molecule has 1 atom stereocenters. The second-order valence-corrected chi connectivity index (χ2v) is 6.30. The maximum absolute atomic E-state index is 12.6. The molecule has 0 spiro atoms. The maximum atomic E-state index is 12.6. The molecular weight excluding hydrogens is 398 g/mol. The summed E-state index contributed by atoms with van der Waals surface area (Å²) in [5, 5.41) is 2.97. The zero-order chi connectivity index (χ0) is 21.7. The SMILES string of the molecule is C[C@H](OC(=O)CNC(=O)c1ccccc1OC(F)F)C(=O)c1c[nH]c2ccccc12. The Morgan fingerprint density at radius 1 is 1.03 bits per heavy atom. The number of esters is 1. The summed E-state index contributed by atoms with van der Waals surface area (Å²) in [6.45, 7) is -2.22. The van der Waals surface area contributed by atoms with Crippen LogP contribution in [0.2, 0.25) is 0 Å². The van der Waals surface area contributed by atoms with E-state index in [0.29, 0.717) is 10.9 Å². The first-order valence-electron chi connectivity index (χ1n) is 8.98. The number of nitrogens with one attached hydrogen (secondary N) is 2. The van der Waals surface area contributed by atoms with Crippen LogP contribution in [0.3, 0.4) is 0 Å². The summed E-state index contributed by atoms with van der Waals surface area (Å²) < 4.78 is 34.3. The van der Waals surface area contributed by atoms with E-state index >= 15 is 0 Å². The number of amides is 1. The van der Waals surface area contributed by atoms with Gasteiger partial charge in [-0.15, -0.1) is 0 Å². The minimum Gasteiger partial charge on any atom is -0.453 e. The number of alkyl halides is 2. The van der Waals surface area contributed by atoms with Crippen LogP contribution in [0.15, 0.2) is 54.7 Å². The van der Waals surface area contributed by atoms with E-state index in [2.05, 4.69) is 15.0 Å². The first-order chi connectivity index (χ1) is 14.4. The lowest BCUT2D eigenvalue weighted by molar-refractivity contribution is -0.145. The van der Waals surface area contributed by atoms with E-state index in [9.17, 15) is 23.2 Å². The second kappa shape index (κ2) is 9.17. The molecule has 0 aliphatic heterocycles. The van der Waals surface area contributed by atoms with Crippen molar-refractivity contribution < 1.29 is 32.6 Å². The van der Waals surface area contributed by atoms with Crippen LogP contribution in [0.5, 0.6) is 5.75 Å². The highest BCUT2D eigenvalue weighted by Gasteiger charge is 2.23. The minimum atomic E-state index is -3.10. The molecular formula is C21H18F2N2O5. The summed E-state index contributed by atoms with van der Waals surface area (Å²) in [4.78, 5) is 39.8. The quantitative estimate of drug-likeness (QED) is 0.434. The average molecular weight is 416 g/mol. The highest BCUT2D eigenvalue weighted by molar-refractivity contribution is 6.10. The number of hydrogen-bond donors (Lipinski definition) is 2. The van der Waals surface area contributed by atoms with Crippen LogP contribution in [-0.2, 0) is 9.53 Å². The van der Waals surface area contributed by atoms with Gasteiger partial charge in [0, 0.05) is 22.7 Å². The van der Waals surface area contributed by atoms with Gasteiger partial charge in [-0.05, 0) is 25.1 Å². The fraction of sp³-hybridized carbons (Fsp3) is 0.190. The van der Waals surface area contributed by atoms with Crippen molar-refractivity contribution in [1.29, 1.82) is 0 Å². The third kappa shape index (κ3) is 4.80. The lowest BCUT2D eigenvalue weighted by Gasteiger charge is -2.13. The normalized spacial score (nSPS) is 11.9. The van der Waals surface area contributed by atoms with Crippen molar-refractivity contribution in [3.05, 3.63) is 65.9 Å². The number of Topliss-reactive ketones (excluding diaryl/α,β-unsaturated/α-hetero) is 1. The van der Waals surface area contributed by atoms with Gasteiger partial charge in [0.2, 0.25) is 5.78 Å². The smallest absolute Gasteiger partial charge is 0.387 e. The lowest BCUT2D eigenvalue weighted by Crippen LogP contribution is -2.34. The Bertz CT molecular complexity index is 1080. The van der Waals surface area contributed by atoms with E-state index < -0.39 is 36.9 Å². The van der Waals surface area contributed by atoms with E-state index in [0.717, 1.165) is 5.52 Å². The summed E-state index contributed by atoms with van der Waals surface area (Å²) in [5.74, 6) is -2.36. The third-order valence-electron chi connectivity index (χ3n) is 4.27. The van der Waals surface area contributed by atoms with Crippen LogP contribution in [0.4, 0.5) is 8.78 Å². The predicted octanol–water partition coefficient (Wildman–Crippen LogP) is 3.31. The number of fused-ring (bicyclic) bond motifs is 1. The average Bonchev–Trinajstić information content (AvgIpc) is 3.15. The number of aromatic amines is 1. The Balaban J connectivity index is 1.58. The number of H-pyrrole nitrogens is 1. The number of halogens is 2. The van der Waals surface area contributed by atoms with Gasteiger partial charge in [0.15, 0.2) is 6.10 Å². The van der Waals surface area contributed by atoms with Gasteiger partial charge < -0.3 is 19.8 Å². The summed E-state index contributed by atoms with van der Waals surface area (Å²) in [6, 6.07) is 12.6. The number of carbonyl (C=O) groups excluding carboxylic acids is 3. The molecule has 3 rings (SSSR count). The Morgan fingerprint density at radius 3 is 2.50 bits per heavy atom. The standard InChI is InChI=1S/C21H18F2N2O5/c1-12(19(27)15-10-24-16-8-4-2-6-13(15)16)29-18(26)11-25-20(28)14-7-3-5-9-17(14)30-21(22)23/h2-10,12,21,24H,11H2,1H3,(H,25,28)/t12-/m0/s1. The molecule has 1 heterocycles. The van der Waals surface area contributed by atoms with Gasteiger partial charge in [-0.25, -0.2) is 0 Å². The molecule has 9 heteroatoms. The zero-order valence-corrected chi connectivity index (χ0v) is 15.9. The monoisotopic (exact) mass is 416 g/mol. The highest BCUT2D eigenvalue weighted by Crippen LogP contribution is 2.21. The highest BCUT2D eigenvalue weighted by atomic mass is 19.3.